The standard InChI is InChI=1S/C21H28ClN3O3.C2H6/c1-14-10-18(23-24(14)5)19-12-25(20(26)28-21(2,3)4)17(13-27-19)11-15-6-8-16(22)9-7-15;1-2/h6-10,17,19H,11-13H2,1-5H3;1-2H3. The van der Waals surface area contributed by atoms with E-state index in [-0.39, 0.29) is 18.2 Å². The first kappa shape index (κ1) is 24.2. The number of carbonyl (C=O) groups is 1. The summed E-state index contributed by atoms with van der Waals surface area (Å²) in [6, 6.07) is 9.55. The zero-order valence-electron chi connectivity index (χ0n) is 19.1. The second kappa shape index (κ2) is 10.3. The molecule has 7 heteroatoms. The lowest BCUT2D eigenvalue weighted by Crippen LogP contribution is -2.52. The van der Waals surface area contributed by atoms with Crippen molar-refractivity contribution in [1.82, 2.24) is 14.7 Å². The van der Waals surface area contributed by atoms with E-state index in [1.165, 1.54) is 0 Å². The Hall–Kier alpha value is -2.05. The smallest absolute Gasteiger partial charge is 0.410 e. The number of ether oxygens (including phenoxy) is 2. The van der Waals surface area contributed by atoms with Crippen LogP contribution in [-0.4, -0.2) is 45.6 Å². The third-order valence-electron chi connectivity index (χ3n) is 4.77. The molecule has 30 heavy (non-hydrogen) atoms. The number of amides is 1. The Morgan fingerprint density at radius 2 is 1.90 bits per heavy atom. The van der Waals surface area contributed by atoms with Crippen LogP contribution < -0.4 is 0 Å². The number of benzene rings is 1. The van der Waals surface area contributed by atoms with Gasteiger partial charge in [-0.25, -0.2) is 4.79 Å². The predicted octanol–water partition coefficient (Wildman–Crippen LogP) is 5.33. The fourth-order valence-corrected chi connectivity index (χ4v) is 3.35. The second-order valence-corrected chi connectivity index (χ2v) is 8.71. The molecule has 1 aromatic heterocycles. The summed E-state index contributed by atoms with van der Waals surface area (Å²) in [7, 11) is 1.90. The maximum Gasteiger partial charge on any atom is 0.410 e. The normalized spacial score (nSPS) is 19.1. The van der Waals surface area contributed by atoms with Gasteiger partial charge in [0.15, 0.2) is 0 Å². The lowest BCUT2D eigenvalue weighted by atomic mass is 10.0. The summed E-state index contributed by atoms with van der Waals surface area (Å²) in [4.78, 5) is 14.7. The zero-order valence-corrected chi connectivity index (χ0v) is 19.9. The van der Waals surface area contributed by atoms with Gasteiger partial charge in [-0.05, 0) is 57.9 Å². The number of halogens is 1. The molecule has 3 rings (SSSR count). The molecule has 2 atom stereocenters. The molecule has 1 fully saturated rings. The number of rotatable bonds is 3. The fraction of sp³-hybridized carbons (Fsp3) is 0.565. The minimum absolute atomic E-state index is 0.114. The van der Waals surface area contributed by atoms with Crippen LogP contribution in [-0.2, 0) is 22.9 Å². The Morgan fingerprint density at radius 1 is 1.27 bits per heavy atom. The van der Waals surface area contributed by atoms with Crippen LogP contribution in [0.4, 0.5) is 4.79 Å². The molecule has 1 amide bonds. The number of aryl methyl sites for hydroxylation is 2. The van der Waals surface area contributed by atoms with Crippen LogP contribution >= 0.6 is 11.6 Å². The number of hydrogen-bond acceptors (Lipinski definition) is 4. The van der Waals surface area contributed by atoms with Crippen LogP contribution in [0.5, 0.6) is 0 Å². The molecule has 0 radical (unpaired) electrons. The number of carbonyl (C=O) groups excluding carboxylic acids is 1. The second-order valence-electron chi connectivity index (χ2n) is 8.27. The first-order valence-electron chi connectivity index (χ1n) is 10.5. The topological polar surface area (TPSA) is 56.6 Å². The van der Waals surface area contributed by atoms with E-state index in [4.69, 9.17) is 21.1 Å². The number of nitrogens with zero attached hydrogens (tertiary/aromatic N) is 3. The Kier molecular flexibility index (Phi) is 8.33. The summed E-state index contributed by atoms with van der Waals surface area (Å²) < 4.78 is 13.6. The number of morpholine rings is 1. The van der Waals surface area contributed by atoms with Gasteiger partial charge in [0.1, 0.15) is 11.7 Å². The molecule has 2 heterocycles. The molecule has 166 valence electrons. The lowest BCUT2D eigenvalue weighted by molar-refractivity contribution is -0.0724. The first-order chi connectivity index (χ1) is 14.1. The average molecular weight is 436 g/mol. The van der Waals surface area contributed by atoms with Gasteiger partial charge < -0.3 is 9.47 Å². The van der Waals surface area contributed by atoms with Gasteiger partial charge in [0, 0.05) is 17.8 Å². The van der Waals surface area contributed by atoms with Crippen LogP contribution in [0, 0.1) is 6.92 Å². The molecule has 1 saturated heterocycles. The number of hydrogen-bond donors (Lipinski definition) is 0. The van der Waals surface area contributed by atoms with Gasteiger partial charge in [-0.15, -0.1) is 0 Å². The van der Waals surface area contributed by atoms with Gasteiger partial charge in [0.25, 0.3) is 0 Å². The van der Waals surface area contributed by atoms with Gasteiger partial charge in [-0.2, -0.15) is 5.10 Å². The molecule has 2 aromatic rings. The Morgan fingerprint density at radius 3 is 2.43 bits per heavy atom. The molecule has 0 aliphatic carbocycles. The van der Waals surface area contributed by atoms with Crippen molar-refractivity contribution in [1.29, 1.82) is 0 Å². The quantitative estimate of drug-likeness (QED) is 0.653. The van der Waals surface area contributed by atoms with Crippen molar-refractivity contribution < 1.29 is 14.3 Å². The van der Waals surface area contributed by atoms with Gasteiger partial charge in [-0.3, -0.25) is 9.58 Å². The van der Waals surface area contributed by atoms with Crippen LogP contribution in [0.1, 0.15) is 57.7 Å². The van der Waals surface area contributed by atoms with Crippen molar-refractivity contribution in [2.24, 2.45) is 7.05 Å². The molecule has 6 nitrogen and oxygen atoms in total. The highest BCUT2D eigenvalue weighted by molar-refractivity contribution is 6.30. The Bertz CT molecular complexity index is 808. The largest absolute Gasteiger partial charge is 0.444 e. The summed E-state index contributed by atoms with van der Waals surface area (Å²) >= 11 is 5.99. The molecular weight excluding hydrogens is 402 g/mol. The number of aromatic nitrogens is 2. The highest BCUT2D eigenvalue weighted by Crippen LogP contribution is 2.28. The lowest BCUT2D eigenvalue weighted by Gasteiger charge is -2.39. The molecule has 0 spiro atoms. The van der Waals surface area contributed by atoms with Crippen molar-refractivity contribution >= 4 is 17.7 Å². The van der Waals surface area contributed by atoms with Gasteiger partial charge >= 0.3 is 6.09 Å². The van der Waals surface area contributed by atoms with E-state index in [2.05, 4.69) is 5.10 Å². The first-order valence-corrected chi connectivity index (χ1v) is 10.9. The van der Waals surface area contributed by atoms with Crippen molar-refractivity contribution in [3.63, 3.8) is 0 Å². The summed E-state index contributed by atoms with van der Waals surface area (Å²) in [5.74, 6) is 0. The van der Waals surface area contributed by atoms with Crippen molar-refractivity contribution in [2.45, 2.75) is 65.7 Å². The molecule has 0 bridgehead atoms. The van der Waals surface area contributed by atoms with E-state index >= 15 is 0 Å². The van der Waals surface area contributed by atoms with E-state index in [9.17, 15) is 4.79 Å². The highest BCUT2D eigenvalue weighted by Gasteiger charge is 2.36. The third kappa shape index (κ3) is 6.47. The molecule has 2 unspecified atom stereocenters. The summed E-state index contributed by atoms with van der Waals surface area (Å²) in [5, 5.41) is 5.21. The van der Waals surface area contributed by atoms with Crippen LogP contribution in [0.25, 0.3) is 0 Å². The maximum atomic E-state index is 12.9. The zero-order chi connectivity index (χ0) is 22.5. The van der Waals surface area contributed by atoms with Crippen molar-refractivity contribution in [3.8, 4) is 0 Å². The monoisotopic (exact) mass is 435 g/mol. The van der Waals surface area contributed by atoms with Crippen molar-refractivity contribution in [2.75, 3.05) is 13.2 Å². The minimum Gasteiger partial charge on any atom is -0.444 e. The summed E-state index contributed by atoms with van der Waals surface area (Å²) in [6.07, 6.45) is 0.0750. The van der Waals surface area contributed by atoms with E-state index in [0.717, 1.165) is 17.0 Å². The van der Waals surface area contributed by atoms with Crippen LogP contribution in [0.3, 0.4) is 0 Å². The van der Waals surface area contributed by atoms with Crippen LogP contribution in [0.2, 0.25) is 5.02 Å². The van der Waals surface area contributed by atoms with Crippen molar-refractivity contribution in [3.05, 3.63) is 52.3 Å². The minimum atomic E-state index is -0.558. The van der Waals surface area contributed by atoms with E-state index in [0.29, 0.717) is 24.6 Å². The molecular formula is C23H34ClN3O3. The Balaban J connectivity index is 0.00000155. The predicted molar refractivity (Wildman–Crippen MR) is 120 cm³/mol. The van der Waals surface area contributed by atoms with Gasteiger partial charge in [0.2, 0.25) is 0 Å². The molecule has 0 saturated carbocycles. The summed E-state index contributed by atoms with van der Waals surface area (Å²) in [5.41, 5.74) is 2.42. The van der Waals surface area contributed by atoms with E-state index in [1.54, 1.807) is 4.90 Å². The third-order valence-corrected chi connectivity index (χ3v) is 5.02. The average Bonchev–Trinajstić information content (AvgIpc) is 3.03. The maximum absolute atomic E-state index is 12.9. The van der Waals surface area contributed by atoms with Crippen LogP contribution in [0.15, 0.2) is 30.3 Å². The Labute approximate surface area is 185 Å². The SMILES string of the molecule is CC.Cc1cc(C2CN(C(=O)OC(C)(C)C)C(Cc3ccc(Cl)cc3)CO2)nn1C. The molecule has 1 aromatic carbocycles. The highest BCUT2D eigenvalue weighted by atomic mass is 35.5. The van der Waals surface area contributed by atoms with Gasteiger partial charge in [-0.1, -0.05) is 37.6 Å². The van der Waals surface area contributed by atoms with Gasteiger partial charge in [0.05, 0.1) is 24.9 Å². The molecule has 0 N–H and O–H groups in total. The van der Waals surface area contributed by atoms with E-state index < -0.39 is 5.60 Å². The van der Waals surface area contributed by atoms with E-state index in [1.807, 2.05) is 83.6 Å². The molecule has 1 aliphatic rings. The summed E-state index contributed by atoms with van der Waals surface area (Å²) in [6.45, 7) is 12.4. The fourth-order valence-electron chi connectivity index (χ4n) is 3.23. The molecule has 1 aliphatic heterocycles.